The Bertz CT molecular complexity index is 691. The van der Waals surface area contributed by atoms with Gasteiger partial charge in [0.15, 0.2) is 5.75 Å². The third-order valence-corrected chi connectivity index (χ3v) is 2.66. The number of rotatable bonds is 6. The van der Waals surface area contributed by atoms with Crippen LogP contribution in [0.3, 0.4) is 0 Å². The van der Waals surface area contributed by atoms with Gasteiger partial charge in [-0.1, -0.05) is 0 Å². The first-order valence-corrected chi connectivity index (χ1v) is 5.92. The van der Waals surface area contributed by atoms with E-state index in [0.29, 0.717) is 17.7 Å². The molecule has 1 rings (SSSR count). The van der Waals surface area contributed by atoms with E-state index in [1.807, 2.05) is 0 Å². The maximum Gasteiger partial charge on any atom is 0.462 e. The summed E-state index contributed by atoms with van der Waals surface area (Å²) in [4.78, 5) is 9.63. The normalized spacial score (nSPS) is 13.1. The van der Waals surface area contributed by atoms with Crippen LogP contribution >= 0.6 is 0 Å². The lowest BCUT2D eigenvalue weighted by molar-refractivity contribution is -0.386. The number of nitro benzene ring substituents is 1. The first-order chi connectivity index (χ1) is 11.2. The van der Waals surface area contributed by atoms with Crippen molar-refractivity contribution in [3.8, 4) is 11.5 Å². The van der Waals surface area contributed by atoms with E-state index in [2.05, 4.69) is 9.84 Å². The molecule has 0 aliphatic heterocycles. The van der Waals surface area contributed by atoms with Crippen LogP contribution in [0.25, 0.3) is 0 Å². The second-order valence-electron chi connectivity index (χ2n) is 4.36. The molecule has 0 heterocycles. The van der Waals surface area contributed by atoms with Gasteiger partial charge in [-0.3, -0.25) is 10.1 Å². The van der Waals surface area contributed by atoms with Crippen LogP contribution in [0, 0.1) is 10.1 Å². The fourth-order valence-electron chi connectivity index (χ4n) is 1.42. The van der Waals surface area contributed by atoms with Crippen molar-refractivity contribution in [2.24, 2.45) is 5.10 Å². The van der Waals surface area contributed by atoms with E-state index in [1.165, 1.54) is 0 Å². The highest BCUT2D eigenvalue weighted by Crippen LogP contribution is 2.45. The molecule has 0 aromatic heterocycles. The molecular weight excluding hydrogens is 371 g/mol. The van der Waals surface area contributed by atoms with Gasteiger partial charge in [0, 0.05) is 11.6 Å². The quantitative estimate of drug-likeness (QED) is 0.260. The van der Waals surface area contributed by atoms with Gasteiger partial charge < -0.3 is 9.84 Å². The lowest BCUT2D eigenvalue weighted by Gasteiger charge is -2.27. The summed E-state index contributed by atoms with van der Waals surface area (Å²) in [7, 11) is 0.996. The number of nitrogens with one attached hydrogen (secondary N) is 1. The van der Waals surface area contributed by atoms with Crippen LogP contribution in [0.1, 0.15) is 5.56 Å². The van der Waals surface area contributed by atoms with E-state index < -0.39 is 45.8 Å². The molecule has 140 valence electrons. The van der Waals surface area contributed by atoms with Crippen LogP contribution in [0.2, 0.25) is 0 Å². The maximum atomic E-state index is 12.9. The number of halogens is 7. The van der Waals surface area contributed by atoms with Crippen molar-refractivity contribution in [3.63, 3.8) is 0 Å². The molecule has 2 N–H and O–H groups in total. The van der Waals surface area contributed by atoms with Gasteiger partial charge in [-0.05, 0) is 6.07 Å². The number of aromatic hydroxyl groups is 1. The van der Waals surface area contributed by atoms with Gasteiger partial charge >= 0.3 is 23.8 Å². The van der Waals surface area contributed by atoms with Gasteiger partial charge in [-0.2, -0.15) is 35.8 Å². The number of nitro groups is 1. The van der Waals surface area contributed by atoms with E-state index in [0.717, 1.165) is 13.2 Å². The highest BCUT2D eigenvalue weighted by Gasteiger charge is 2.73. The van der Waals surface area contributed by atoms with Crippen molar-refractivity contribution in [1.29, 1.82) is 0 Å². The minimum absolute atomic E-state index is 0.301. The molecule has 1 aromatic carbocycles. The van der Waals surface area contributed by atoms with Crippen molar-refractivity contribution in [2.75, 3.05) is 7.11 Å². The number of phenols is 1. The fraction of sp³-hybridized carbons (Fsp3) is 0.364. The molecule has 0 saturated heterocycles. The van der Waals surface area contributed by atoms with Crippen molar-refractivity contribution >= 4 is 11.9 Å². The number of alkyl halides is 7. The summed E-state index contributed by atoms with van der Waals surface area (Å²) in [6.07, 6.45) is -6.24. The van der Waals surface area contributed by atoms with E-state index in [-0.39, 0.29) is 0 Å². The third kappa shape index (κ3) is 4.00. The Morgan fingerprint density at radius 1 is 1.24 bits per heavy atom. The minimum Gasteiger partial charge on any atom is -0.500 e. The van der Waals surface area contributed by atoms with Crippen LogP contribution in [0.4, 0.5) is 36.4 Å². The number of ether oxygens (including phenoxy) is 1. The molecule has 14 heteroatoms. The standard InChI is InChI=1S/C11H8F7N3O4/c1-25-7-3-5(2-6(8(7)22)21(23)24)4-19-20-11(17,18)9(12,13)10(14,15)16/h2-4,20,22H,1H3/b19-4+. The molecule has 25 heavy (non-hydrogen) atoms. The van der Waals surface area contributed by atoms with E-state index >= 15 is 0 Å². The van der Waals surface area contributed by atoms with Gasteiger partial charge in [0.1, 0.15) is 0 Å². The summed E-state index contributed by atoms with van der Waals surface area (Å²) in [5, 5.41) is 22.7. The summed E-state index contributed by atoms with van der Waals surface area (Å²) < 4.78 is 91.5. The smallest absolute Gasteiger partial charge is 0.462 e. The highest BCUT2D eigenvalue weighted by molar-refractivity contribution is 5.83. The lowest BCUT2D eigenvalue weighted by atomic mass is 10.2. The number of hydrogen-bond acceptors (Lipinski definition) is 6. The van der Waals surface area contributed by atoms with Crippen LogP contribution < -0.4 is 10.2 Å². The Hall–Kier alpha value is -2.80. The Morgan fingerprint density at radius 2 is 1.80 bits per heavy atom. The molecule has 1 aromatic rings. The summed E-state index contributed by atoms with van der Waals surface area (Å²) in [6.45, 7) is 0. The average molecular weight is 379 g/mol. The molecule has 0 aliphatic carbocycles. The van der Waals surface area contributed by atoms with Gasteiger partial charge in [-0.25, -0.2) is 5.43 Å². The number of hydrazone groups is 1. The van der Waals surface area contributed by atoms with E-state index in [1.54, 1.807) is 0 Å². The molecule has 7 nitrogen and oxygen atoms in total. The van der Waals surface area contributed by atoms with Crippen molar-refractivity contribution < 1.29 is 45.5 Å². The minimum atomic E-state index is -6.54. The Kier molecular flexibility index (Phi) is 5.35. The maximum absolute atomic E-state index is 12.9. The van der Waals surface area contributed by atoms with Crippen LogP contribution in [-0.4, -0.2) is 41.5 Å². The van der Waals surface area contributed by atoms with Crippen LogP contribution in [0.15, 0.2) is 17.2 Å². The Labute approximate surface area is 133 Å². The zero-order chi connectivity index (χ0) is 19.6. The second kappa shape index (κ2) is 6.60. The molecule has 0 amide bonds. The summed E-state index contributed by atoms with van der Waals surface area (Å²) in [5.41, 5.74) is -0.992. The summed E-state index contributed by atoms with van der Waals surface area (Å²) >= 11 is 0. The largest absolute Gasteiger partial charge is 0.500 e. The molecular formula is C11H8F7N3O4. The number of phenolic OH excluding ortho intramolecular Hbond substituents is 1. The number of benzene rings is 1. The predicted molar refractivity (Wildman–Crippen MR) is 68.0 cm³/mol. The highest BCUT2D eigenvalue weighted by atomic mass is 19.4. The predicted octanol–water partition coefficient (Wildman–Crippen LogP) is 3.02. The molecule has 0 radical (unpaired) electrons. The second-order valence-corrected chi connectivity index (χ2v) is 4.36. The van der Waals surface area contributed by atoms with E-state index in [9.17, 15) is 46.0 Å². The molecule has 0 spiro atoms. The van der Waals surface area contributed by atoms with Crippen LogP contribution in [-0.2, 0) is 0 Å². The first kappa shape index (κ1) is 20.2. The zero-order valence-corrected chi connectivity index (χ0v) is 11.9. The zero-order valence-electron chi connectivity index (χ0n) is 11.9. The fourth-order valence-corrected chi connectivity index (χ4v) is 1.42. The molecule has 0 saturated carbocycles. The van der Waals surface area contributed by atoms with Gasteiger partial charge in [-0.15, -0.1) is 0 Å². The summed E-state index contributed by atoms with van der Waals surface area (Å²) in [5.74, 6) is -7.81. The van der Waals surface area contributed by atoms with Gasteiger partial charge in [0.05, 0.1) is 18.2 Å². The molecule has 0 unspecified atom stereocenters. The molecule has 0 aliphatic rings. The van der Waals surface area contributed by atoms with Crippen molar-refractivity contribution in [3.05, 3.63) is 27.8 Å². The first-order valence-electron chi connectivity index (χ1n) is 5.92. The third-order valence-electron chi connectivity index (χ3n) is 2.66. The van der Waals surface area contributed by atoms with E-state index in [4.69, 9.17) is 0 Å². The molecule has 0 atom stereocenters. The van der Waals surface area contributed by atoms with Crippen molar-refractivity contribution in [2.45, 2.75) is 18.1 Å². The Morgan fingerprint density at radius 3 is 2.24 bits per heavy atom. The van der Waals surface area contributed by atoms with Crippen LogP contribution in [0.5, 0.6) is 11.5 Å². The lowest BCUT2D eigenvalue weighted by Crippen LogP contribution is -2.58. The number of nitrogens with zero attached hydrogens (tertiary/aromatic N) is 2. The molecule has 0 bridgehead atoms. The van der Waals surface area contributed by atoms with Crippen molar-refractivity contribution in [1.82, 2.24) is 5.43 Å². The molecule has 0 fully saturated rings. The van der Waals surface area contributed by atoms with Gasteiger partial charge in [0.25, 0.3) is 0 Å². The number of methoxy groups -OCH3 is 1. The SMILES string of the molecule is COc1cc(/C=N/NC(F)(F)C(F)(F)C(F)(F)F)cc([N+](=O)[O-])c1O. The Balaban J connectivity index is 3.11. The average Bonchev–Trinajstić information content (AvgIpc) is 2.46. The van der Waals surface area contributed by atoms with Gasteiger partial charge in [0.2, 0.25) is 5.75 Å². The number of hydrogen-bond donors (Lipinski definition) is 2. The summed E-state index contributed by atoms with van der Waals surface area (Å²) in [6, 6.07) is -4.34. The monoisotopic (exact) mass is 379 g/mol. The topological polar surface area (TPSA) is 97.0 Å².